The first-order valence-electron chi connectivity index (χ1n) is 10.5. The minimum absolute atomic E-state index is 0.00601. The van der Waals surface area contributed by atoms with Crippen molar-refractivity contribution in [3.63, 3.8) is 0 Å². The molecule has 0 radical (unpaired) electrons. The number of nitrogens with one attached hydrogen (secondary N) is 1. The fraction of sp³-hybridized carbons (Fsp3) is 0.120. The summed E-state index contributed by atoms with van der Waals surface area (Å²) in [4.78, 5) is 17.0. The van der Waals surface area contributed by atoms with Crippen molar-refractivity contribution in [1.82, 2.24) is 9.58 Å². The van der Waals surface area contributed by atoms with E-state index in [0.717, 1.165) is 28.4 Å². The second kappa shape index (κ2) is 8.96. The number of para-hydroxylation sites is 1. The smallest absolute Gasteiger partial charge is 0.283 e. The number of benzene rings is 2. The molecule has 1 amide bonds. The van der Waals surface area contributed by atoms with Crippen LogP contribution in [0.5, 0.6) is 5.75 Å². The molecule has 7 nitrogen and oxygen atoms in total. The van der Waals surface area contributed by atoms with Gasteiger partial charge in [0.1, 0.15) is 17.4 Å². The SMILES string of the molecule is Cc1cc(/C=C2/C(=N)N3N=C(COc4ccccc4)SC3=NC2=O)c(C)n1-c1ccc(Cl)cc1. The second-order valence-corrected chi connectivity index (χ2v) is 9.23. The van der Waals surface area contributed by atoms with E-state index in [4.69, 9.17) is 21.7 Å². The van der Waals surface area contributed by atoms with Crippen LogP contribution < -0.4 is 4.74 Å². The zero-order valence-corrected chi connectivity index (χ0v) is 20.0. The van der Waals surface area contributed by atoms with Gasteiger partial charge in [-0.25, -0.2) is 0 Å². The minimum Gasteiger partial charge on any atom is -0.487 e. The molecule has 2 aromatic carbocycles. The number of carbonyl (C=O) groups excluding carboxylic acids is 1. The maximum atomic E-state index is 12.8. The maximum Gasteiger partial charge on any atom is 0.283 e. The Balaban J connectivity index is 1.41. The molecule has 0 fully saturated rings. The Morgan fingerprint density at radius 1 is 1.12 bits per heavy atom. The van der Waals surface area contributed by atoms with Gasteiger partial charge in [-0.15, -0.1) is 0 Å². The molecule has 5 rings (SSSR count). The molecule has 0 atom stereocenters. The van der Waals surface area contributed by atoms with Crippen LogP contribution in [0.25, 0.3) is 11.8 Å². The number of rotatable bonds is 5. The van der Waals surface area contributed by atoms with Gasteiger partial charge >= 0.3 is 0 Å². The Bertz CT molecular complexity index is 1390. The number of amidine groups is 2. The van der Waals surface area contributed by atoms with Crippen LogP contribution in [0.4, 0.5) is 0 Å². The van der Waals surface area contributed by atoms with Crippen LogP contribution in [0.3, 0.4) is 0 Å². The Kier molecular flexibility index (Phi) is 5.85. The summed E-state index contributed by atoms with van der Waals surface area (Å²) >= 11 is 7.27. The average Bonchev–Trinajstić information content (AvgIpc) is 3.36. The third-order valence-electron chi connectivity index (χ3n) is 5.46. The molecule has 2 aliphatic heterocycles. The van der Waals surface area contributed by atoms with E-state index in [1.54, 1.807) is 6.08 Å². The number of hydrogen-bond donors (Lipinski definition) is 1. The highest BCUT2D eigenvalue weighted by Gasteiger charge is 2.36. The molecule has 0 unspecified atom stereocenters. The van der Waals surface area contributed by atoms with E-state index in [0.29, 0.717) is 15.2 Å². The van der Waals surface area contributed by atoms with Crippen LogP contribution >= 0.6 is 23.4 Å². The Hall–Kier alpha value is -3.62. The van der Waals surface area contributed by atoms with E-state index in [-0.39, 0.29) is 18.0 Å². The molecule has 1 N–H and O–H groups in total. The highest BCUT2D eigenvalue weighted by Crippen LogP contribution is 2.30. The number of fused-ring (bicyclic) bond motifs is 1. The van der Waals surface area contributed by atoms with E-state index < -0.39 is 5.91 Å². The van der Waals surface area contributed by atoms with E-state index in [2.05, 4.69) is 14.7 Å². The topological polar surface area (TPSA) is 83.0 Å². The molecule has 0 saturated heterocycles. The number of hydrogen-bond acceptors (Lipinski definition) is 5. The van der Waals surface area contributed by atoms with Crippen molar-refractivity contribution >= 4 is 51.4 Å². The zero-order chi connectivity index (χ0) is 23.8. The predicted molar refractivity (Wildman–Crippen MR) is 137 cm³/mol. The molecule has 3 aromatic rings. The van der Waals surface area contributed by atoms with Gasteiger partial charge < -0.3 is 9.30 Å². The molecule has 9 heteroatoms. The number of amides is 1. The molecule has 0 saturated carbocycles. The molecular weight excluding hydrogens is 470 g/mol. The van der Waals surface area contributed by atoms with Gasteiger partial charge in [0.25, 0.3) is 5.91 Å². The van der Waals surface area contributed by atoms with Crippen molar-refractivity contribution in [2.75, 3.05) is 6.61 Å². The summed E-state index contributed by atoms with van der Waals surface area (Å²) in [6.07, 6.45) is 1.71. The van der Waals surface area contributed by atoms with Crippen LogP contribution in [0.15, 0.2) is 76.3 Å². The summed E-state index contributed by atoms with van der Waals surface area (Å²) in [6.45, 7) is 4.20. The predicted octanol–water partition coefficient (Wildman–Crippen LogP) is 5.45. The molecule has 0 spiro atoms. The lowest BCUT2D eigenvalue weighted by molar-refractivity contribution is -0.114. The molecule has 0 bridgehead atoms. The lowest BCUT2D eigenvalue weighted by Gasteiger charge is -2.20. The van der Waals surface area contributed by atoms with Gasteiger partial charge in [0.15, 0.2) is 5.84 Å². The highest BCUT2D eigenvalue weighted by atomic mass is 35.5. The molecule has 34 heavy (non-hydrogen) atoms. The van der Waals surface area contributed by atoms with Crippen molar-refractivity contribution < 1.29 is 9.53 Å². The summed E-state index contributed by atoms with van der Waals surface area (Å²) in [7, 11) is 0. The molecule has 170 valence electrons. The van der Waals surface area contributed by atoms with Crippen molar-refractivity contribution in [2.24, 2.45) is 10.1 Å². The number of aromatic nitrogens is 1. The average molecular weight is 490 g/mol. The third kappa shape index (κ3) is 4.18. The summed E-state index contributed by atoms with van der Waals surface area (Å²) in [5.74, 6) is 0.259. The van der Waals surface area contributed by atoms with Crippen LogP contribution in [0, 0.1) is 19.3 Å². The van der Waals surface area contributed by atoms with Gasteiger partial charge in [0, 0.05) is 22.1 Å². The first kappa shape index (κ1) is 22.2. The minimum atomic E-state index is -0.458. The quantitative estimate of drug-likeness (QED) is 0.483. The fourth-order valence-corrected chi connectivity index (χ4v) is 4.75. The number of thioether (sulfide) groups is 1. The van der Waals surface area contributed by atoms with Gasteiger partial charge in [-0.1, -0.05) is 29.8 Å². The summed E-state index contributed by atoms with van der Waals surface area (Å²) in [5.41, 5.74) is 3.94. The summed E-state index contributed by atoms with van der Waals surface area (Å²) in [5, 5.41) is 16.1. The first-order valence-corrected chi connectivity index (χ1v) is 11.7. The Morgan fingerprint density at radius 3 is 2.59 bits per heavy atom. The van der Waals surface area contributed by atoms with Gasteiger partial charge in [0.2, 0.25) is 5.17 Å². The lowest BCUT2D eigenvalue weighted by atomic mass is 10.1. The van der Waals surface area contributed by atoms with Crippen LogP contribution in [-0.2, 0) is 4.79 Å². The zero-order valence-electron chi connectivity index (χ0n) is 18.4. The Labute approximate surface area is 205 Å². The van der Waals surface area contributed by atoms with Crippen molar-refractivity contribution in [3.8, 4) is 11.4 Å². The van der Waals surface area contributed by atoms with Gasteiger partial charge in [-0.3, -0.25) is 10.2 Å². The van der Waals surface area contributed by atoms with Crippen molar-refractivity contribution in [1.29, 1.82) is 5.41 Å². The standard InChI is InChI=1S/C25H20ClN5O2S/c1-15-12-17(16(2)30(15)19-10-8-18(26)9-11-19)13-21-23(27)31-25(28-24(21)32)34-22(29-31)14-33-20-6-4-3-5-7-20/h3-13,27H,14H2,1-2H3/b21-13-,27-23?. The molecular formula is C25H20ClN5O2S. The maximum absolute atomic E-state index is 12.8. The van der Waals surface area contributed by atoms with E-state index in [1.807, 2.05) is 74.5 Å². The molecule has 0 aliphatic carbocycles. The van der Waals surface area contributed by atoms with Crippen LogP contribution in [-0.4, -0.2) is 38.1 Å². The molecule has 3 heterocycles. The number of carbonyl (C=O) groups is 1. The fourth-order valence-electron chi connectivity index (χ4n) is 3.83. The third-order valence-corrected chi connectivity index (χ3v) is 6.59. The highest BCUT2D eigenvalue weighted by molar-refractivity contribution is 8.27. The summed E-state index contributed by atoms with van der Waals surface area (Å²) < 4.78 is 7.83. The molecule has 2 aliphatic rings. The largest absolute Gasteiger partial charge is 0.487 e. The monoisotopic (exact) mass is 489 g/mol. The van der Waals surface area contributed by atoms with Gasteiger partial charge in [0.05, 0.1) is 5.57 Å². The second-order valence-electron chi connectivity index (χ2n) is 7.75. The number of nitrogens with zero attached hydrogens (tertiary/aromatic N) is 4. The number of ether oxygens (including phenoxy) is 1. The van der Waals surface area contributed by atoms with Gasteiger partial charge in [-0.05, 0) is 79.7 Å². The van der Waals surface area contributed by atoms with Crippen LogP contribution in [0.2, 0.25) is 5.02 Å². The van der Waals surface area contributed by atoms with E-state index in [9.17, 15) is 4.79 Å². The number of aliphatic imine (C=N–C) groups is 1. The van der Waals surface area contributed by atoms with Crippen molar-refractivity contribution in [3.05, 3.63) is 88.2 Å². The first-order chi connectivity index (χ1) is 16.4. The normalized spacial score (nSPS) is 16.6. The Morgan fingerprint density at radius 2 is 1.85 bits per heavy atom. The lowest BCUT2D eigenvalue weighted by Crippen LogP contribution is -2.35. The van der Waals surface area contributed by atoms with Gasteiger partial charge in [-0.2, -0.15) is 15.1 Å². The van der Waals surface area contributed by atoms with E-state index >= 15 is 0 Å². The van der Waals surface area contributed by atoms with Crippen LogP contribution in [0.1, 0.15) is 17.0 Å². The summed E-state index contributed by atoms with van der Waals surface area (Å²) in [6, 6.07) is 19.0. The number of aryl methyl sites for hydroxylation is 1. The van der Waals surface area contributed by atoms with E-state index in [1.165, 1.54) is 16.8 Å². The van der Waals surface area contributed by atoms with Crippen molar-refractivity contribution in [2.45, 2.75) is 13.8 Å². The molecule has 1 aromatic heterocycles. The number of halogens is 1. The number of hydrazone groups is 1.